The van der Waals surface area contributed by atoms with Crippen LogP contribution in [0.25, 0.3) is 0 Å². The second kappa shape index (κ2) is 3.01. The molecule has 0 saturated heterocycles. The van der Waals surface area contributed by atoms with Crippen molar-refractivity contribution in [3.63, 3.8) is 0 Å². The Kier molecular flexibility index (Phi) is 2.05. The summed E-state index contributed by atoms with van der Waals surface area (Å²) in [6.45, 7) is 5.05. The predicted molar refractivity (Wildman–Crippen MR) is 37.8 cm³/mol. The van der Waals surface area contributed by atoms with Crippen LogP contribution in [-0.2, 0) is 9.53 Å². The second-order valence-corrected chi connectivity index (χ2v) is 1.95. The van der Waals surface area contributed by atoms with E-state index in [0.29, 0.717) is 5.76 Å². The first-order chi connectivity index (χ1) is 4.84. The maximum atomic E-state index is 9.77. The van der Waals surface area contributed by atoms with Gasteiger partial charge in [-0.3, -0.25) is 0 Å². The van der Waals surface area contributed by atoms with Crippen molar-refractivity contribution in [1.82, 2.24) is 0 Å². The summed E-state index contributed by atoms with van der Waals surface area (Å²) in [4.78, 5) is 9.77. The topological polar surface area (TPSA) is 26.3 Å². The fourth-order valence-electron chi connectivity index (χ4n) is 0.735. The molecule has 0 atom stereocenters. The van der Waals surface area contributed by atoms with Gasteiger partial charge in [0.15, 0.2) is 0 Å². The number of hydrogen-bond acceptors (Lipinski definition) is 2. The molecule has 0 aromatic heterocycles. The lowest BCUT2D eigenvalue weighted by atomic mass is 10.1. The summed E-state index contributed by atoms with van der Waals surface area (Å²) in [5.41, 5.74) is 0.811. The molecule has 1 aliphatic carbocycles. The van der Waals surface area contributed by atoms with Gasteiger partial charge in [0.05, 0.1) is 0 Å². The van der Waals surface area contributed by atoms with Crippen molar-refractivity contribution in [2.45, 2.75) is 6.42 Å². The van der Waals surface area contributed by atoms with Crippen LogP contribution in [-0.4, -0.2) is 6.47 Å². The molecule has 0 N–H and O–H groups in total. The number of carbonyl (C=O) groups excluding carboxylic acids is 1. The average molecular weight is 135 g/mol. The van der Waals surface area contributed by atoms with Crippen molar-refractivity contribution >= 4 is 6.47 Å². The standard InChI is InChI=1S/C8H7O2/c1-7-4-2-3-5-8(7)10-6-9/h2-3,5H,1,4H2. The molecule has 0 heterocycles. The van der Waals surface area contributed by atoms with E-state index >= 15 is 0 Å². The van der Waals surface area contributed by atoms with Crippen LogP contribution in [0.3, 0.4) is 0 Å². The maximum Gasteiger partial charge on any atom is 0.423 e. The Labute approximate surface area is 59.5 Å². The Morgan fingerprint density at radius 2 is 2.50 bits per heavy atom. The molecule has 10 heavy (non-hydrogen) atoms. The highest BCUT2D eigenvalue weighted by Crippen LogP contribution is 2.17. The third-order valence-electron chi connectivity index (χ3n) is 1.25. The molecule has 0 aliphatic heterocycles. The molecule has 0 spiro atoms. The molecule has 1 rings (SSSR count). The van der Waals surface area contributed by atoms with Crippen LogP contribution in [0.2, 0.25) is 0 Å². The lowest BCUT2D eigenvalue weighted by molar-refractivity contribution is 0.368. The molecule has 1 aliphatic rings. The number of rotatable bonds is 2. The van der Waals surface area contributed by atoms with Gasteiger partial charge in [-0.1, -0.05) is 18.7 Å². The Balaban J connectivity index is 2.70. The smallest absolute Gasteiger partial charge is 0.418 e. The average Bonchev–Trinajstić information content (AvgIpc) is 1.94. The van der Waals surface area contributed by atoms with Gasteiger partial charge in [-0.15, -0.1) is 0 Å². The van der Waals surface area contributed by atoms with Gasteiger partial charge in [0.25, 0.3) is 0 Å². The molecule has 0 amide bonds. The Hall–Kier alpha value is -1.31. The Morgan fingerprint density at radius 1 is 1.70 bits per heavy atom. The molecule has 51 valence electrons. The predicted octanol–water partition coefficient (Wildman–Crippen LogP) is 1.47. The molecule has 0 bridgehead atoms. The second-order valence-electron chi connectivity index (χ2n) is 1.95. The van der Waals surface area contributed by atoms with Crippen molar-refractivity contribution in [3.05, 3.63) is 36.1 Å². The fraction of sp³-hybridized carbons (Fsp3) is 0.125. The lowest BCUT2D eigenvalue weighted by Crippen LogP contribution is -1.95. The molecule has 2 nitrogen and oxygen atoms in total. The Morgan fingerprint density at radius 3 is 3.10 bits per heavy atom. The summed E-state index contributed by atoms with van der Waals surface area (Å²) in [5, 5.41) is 0. The maximum absolute atomic E-state index is 9.77. The van der Waals surface area contributed by atoms with Gasteiger partial charge in [-0.2, -0.15) is 0 Å². The minimum absolute atomic E-state index is 0.512. The zero-order chi connectivity index (χ0) is 7.40. The van der Waals surface area contributed by atoms with Gasteiger partial charge >= 0.3 is 6.47 Å². The first-order valence-electron chi connectivity index (χ1n) is 2.93. The minimum Gasteiger partial charge on any atom is -0.418 e. The van der Waals surface area contributed by atoms with E-state index in [0.717, 1.165) is 12.0 Å². The van der Waals surface area contributed by atoms with E-state index in [2.05, 4.69) is 11.3 Å². The van der Waals surface area contributed by atoms with Crippen molar-refractivity contribution in [2.75, 3.05) is 0 Å². The van der Waals surface area contributed by atoms with E-state index in [1.54, 1.807) is 6.08 Å². The fourth-order valence-corrected chi connectivity index (χ4v) is 0.735. The number of ether oxygens (including phenoxy) is 1. The van der Waals surface area contributed by atoms with E-state index in [4.69, 9.17) is 0 Å². The largest absolute Gasteiger partial charge is 0.423 e. The van der Waals surface area contributed by atoms with Gasteiger partial charge in [0.2, 0.25) is 0 Å². The summed E-state index contributed by atoms with van der Waals surface area (Å²) in [6, 6.07) is 0. The van der Waals surface area contributed by atoms with Crippen LogP contribution in [0.1, 0.15) is 6.42 Å². The highest BCUT2D eigenvalue weighted by Gasteiger charge is 2.04. The van der Waals surface area contributed by atoms with Crippen LogP contribution < -0.4 is 0 Å². The third-order valence-corrected chi connectivity index (χ3v) is 1.25. The summed E-state index contributed by atoms with van der Waals surface area (Å²) in [5.74, 6) is 0.512. The van der Waals surface area contributed by atoms with Gasteiger partial charge in [0, 0.05) is 0 Å². The molecule has 0 saturated carbocycles. The molecule has 0 fully saturated rings. The summed E-state index contributed by atoms with van der Waals surface area (Å²) in [6.07, 6.45) is 6.20. The van der Waals surface area contributed by atoms with Crippen LogP contribution in [0.15, 0.2) is 36.1 Å². The normalized spacial score (nSPS) is 16.4. The molecular weight excluding hydrogens is 128 g/mol. The van der Waals surface area contributed by atoms with Gasteiger partial charge < -0.3 is 4.74 Å². The molecule has 1 radical (unpaired) electrons. The van der Waals surface area contributed by atoms with Crippen molar-refractivity contribution in [1.29, 1.82) is 0 Å². The quantitative estimate of drug-likeness (QED) is 0.573. The van der Waals surface area contributed by atoms with E-state index in [1.165, 1.54) is 6.47 Å². The highest BCUT2D eigenvalue weighted by molar-refractivity contribution is 5.46. The summed E-state index contributed by atoms with van der Waals surface area (Å²) >= 11 is 0. The number of allylic oxidation sites excluding steroid dienone is 4. The van der Waals surface area contributed by atoms with Crippen molar-refractivity contribution in [3.8, 4) is 0 Å². The van der Waals surface area contributed by atoms with Gasteiger partial charge in [-0.25, -0.2) is 4.79 Å². The minimum atomic E-state index is 0.512. The summed E-state index contributed by atoms with van der Waals surface area (Å²) < 4.78 is 4.50. The van der Waals surface area contributed by atoms with E-state index in [-0.39, 0.29) is 0 Å². The highest BCUT2D eigenvalue weighted by atomic mass is 16.5. The first-order valence-corrected chi connectivity index (χ1v) is 2.93. The van der Waals surface area contributed by atoms with E-state index < -0.39 is 0 Å². The molecule has 2 heteroatoms. The zero-order valence-electron chi connectivity index (χ0n) is 5.46. The summed E-state index contributed by atoms with van der Waals surface area (Å²) in [7, 11) is 0. The van der Waals surface area contributed by atoms with Gasteiger partial charge in [0.1, 0.15) is 5.76 Å². The number of hydrogen-bond donors (Lipinski definition) is 0. The third kappa shape index (κ3) is 1.35. The monoisotopic (exact) mass is 135 g/mol. The zero-order valence-corrected chi connectivity index (χ0v) is 5.46. The van der Waals surface area contributed by atoms with Crippen molar-refractivity contribution in [2.24, 2.45) is 0 Å². The Bertz CT molecular complexity index is 211. The van der Waals surface area contributed by atoms with E-state index in [1.807, 2.05) is 12.2 Å². The van der Waals surface area contributed by atoms with Gasteiger partial charge in [-0.05, 0) is 18.1 Å². The van der Waals surface area contributed by atoms with Crippen LogP contribution >= 0.6 is 0 Å². The molecule has 0 aromatic rings. The first kappa shape index (κ1) is 6.81. The molecule has 0 aromatic carbocycles. The van der Waals surface area contributed by atoms with E-state index in [9.17, 15) is 4.79 Å². The SMILES string of the molecule is C=C1CC=CC=C1O[C]=O. The lowest BCUT2D eigenvalue weighted by Gasteiger charge is -2.06. The van der Waals surface area contributed by atoms with Crippen molar-refractivity contribution < 1.29 is 9.53 Å². The van der Waals surface area contributed by atoms with Crippen LogP contribution in [0.5, 0.6) is 0 Å². The van der Waals surface area contributed by atoms with Crippen LogP contribution in [0.4, 0.5) is 0 Å². The molecule has 0 unspecified atom stereocenters. The van der Waals surface area contributed by atoms with Crippen LogP contribution in [0, 0.1) is 0 Å². The molecular formula is C8H7O2.